The topological polar surface area (TPSA) is 68.2 Å². The maximum atomic E-state index is 14.0. The van der Waals surface area contributed by atoms with Crippen molar-refractivity contribution in [2.45, 2.75) is 19.9 Å². The van der Waals surface area contributed by atoms with Crippen molar-refractivity contribution < 1.29 is 17.6 Å². The Hall–Kier alpha value is -2.67. The lowest BCUT2D eigenvalue weighted by atomic mass is 10.0. The van der Waals surface area contributed by atoms with E-state index in [0.29, 0.717) is 17.5 Å². The van der Waals surface area contributed by atoms with E-state index in [9.17, 15) is 17.6 Å². The number of aromatic nitrogens is 1. The van der Waals surface area contributed by atoms with Gasteiger partial charge in [-0.05, 0) is 43.7 Å². The number of nitrogens with one attached hydrogen (secondary N) is 1. The van der Waals surface area contributed by atoms with Gasteiger partial charge in [0.2, 0.25) is 10.0 Å². The molecule has 0 amide bonds. The van der Waals surface area contributed by atoms with Crippen LogP contribution in [0.1, 0.15) is 30.2 Å². The second-order valence-corrected chi connectivity index (χ2v) is 8.25. The SMILES string of the molecule is CC(C)n1cc(-c2ccc(C=O)c(F)c2)c2ccc(NS(C)(=O)=O)cc21. The molecule has 3 aromatic rings. The predicted molar refractivity (Wildman–Crippen MR) is 102 cm³/mol. The minimum atomic E-state index is -3.38. The van der Waals surface area contributed by atoms with E-state index in [-0.39, 0.29) is 11.6 Å². The lowest BCUT2D eigenvalue weighted by Crippen LogP contribution is -2.09. The lowest BCUT2D eigenvalue weighted by Gasteiger charge is -2.10. The number of aldehydes is 1. The predicted octanol–water partition coefficient (Wildman–Crippen LogP) is 4.21. The number of sulfonamides is 1. The van der Waals surface area contributed by atoms with Crippen LogP contribution in [0.25, 0.3) is 22.0 Å². The van der Waals surface area contributed by atoms with Crippen LogP contribution in [0.2, 0.25) is 0 Å². The Balaban J connectivity index is 2.21. The van der Waals surface area contributed by atoms with Crippen LogP contribution in [0.15, 0.2) is 42.6 Å². The van der Waals surface area contributed by atoms with Crippen molar-refractivity contribution in [1.29, 1.82) is 0 Å². The largest absolute Gasteiger partial charge is 0.344 e. The van der Waals surface area contributed by atoms with Crippen LogP contribution >= 0.6 is 0 Å². The summed E-state index contributed by atoms with van der Waals surface area (Å²) in [6.45, 7) is 4.02. The van der Waals surface area contributed by atoms with Gasteiger partial charge >= 0.3 is 0 Å². The van der Waals surface area contributed by atoms with Crippen LogP contribution in [-0.2, 0) is 10.0 Å². The van der Waals surface area contributed by atoms with E-state index in [2.05, 4.69) is 4.72 Å². The molecule has 0 radical (unpaired) electrons. The van der Waals surface area contributed by atoms with Gasteiger partial charge in [-0.2, -0.15) is 0 Å². The number of benzene rings is 2. The third-order valence-corrected chi connectivity index (χ3v) is 4.74. The molecule has 7 heteroatoms. The van der Waals surface area contributed by atoms with Gasteiger partial charge in [-0.3, -0.25) is 9.52 Å². The van der Waals surface area contributed by atoms with E-state index in [1.165, 1.54) is 12.1 Å². The Labute approximate surface area is 151 Å². The van der Waals surface area contributed by atoms with E-state index in [1.54, 1.807) is 18.2 Å². The molecule has 0 unspecified atom stereocenters. The minimum absolute atomic E-state index is 0.0148. The number of rotatable bonds is 5. The number of hydrogen-bond donors (Lipinski definition) is 1. The first-order valence-corrected chi connectivity index (χ1v) is 9.96. The van der Waals surface area contributed by atoms with Gasteiger partial charge in [-0.25, -0.2) is 12.8 Å². The summed E-state index contributed by atoms with van der Waals surface area (Å²) in [6.07, 6.45) is 3.50. The third-order valence-electron chi connectivity index (χ3n) is 4.13. The normalized spacial score (nSPS) is 11.9. The van der Waals surface area contributed by atoms with Crippen LogP contribution < -0.4 is 4.72 Å². The molecule has 0 aliphatic rings. The summed E-state index contributed by atoms with van der Waals surface area (Å²) in [7, 11) is -3.38. The Kier molecular flexibility index (Phi) is 4.58. The Bertz CT molecular complexity index is 1100. The van der Waals surface area contributed by atoms with Crippen LogP contribution in [-0.4, -0.2) is 25.5 Å². The Morgan fingerprint density at radius 1 is 1.15 bits per heavy atom. The highest BCUT2D eigenvalue weighted by molar-refractivity contribution is 7.92. The van der Waals surface area contributed by atoms with Gasteiger partial charge in [0.15, 0.2) is 6.29 Å². The zero-order chi connectivity index (χ0) is 19.1. The van der Waals surface area contributed by atoms with Crippen LogP contribution in [0, 0.1) is 5.82 Å². The summed E-state index contributed by atoms with van der Waals surface area (Å²) in [5, 5.41) is 0.871. The van der Waals surface area contributed by atoms with E-state index in [0.717, 1.165) is 22.7 Å². The Morgan fingerprint density at radius 2 is 1.88 bits per heavy atom. The van der Waals surface area contributed by atoms with Crippen molar-refractivity contribution in [2.24, 2.45) is 0 Å². The molecule has 1 aromatic heterocycles. The second-order valence-electron chi connectivity index (χ2n) is 6.50. The van der Waals surface area contributed by atoms with E-state index < -0.39 is 15.8 Å². The maximum absolute atomic E-state index is 14.0. The quantitative estimate of drug-likeness (QED) is 0.680. The summed E-state index contributed by atoms with van der Waals surface area (Å²) < 4.78 is 41.5. The van der Waals surface area contributed by atoms with Gasteiger partial charge in [-0.1, -0.05) is 12.1 Å². The maximum Gasteiger partial charge on any atom is 0.229 e. The fraction of sp³-hybridized carbons (Fsp3) is 0.211. The van der Waals surface area contributed by atoms with Crippen molar-refractivity contribution in [3.05, 3.63) is 54.0 Å². The monoisotopic (exact) mass is 374 g/mol. The first kappa shape index (κ1) is 18.1. The zero-order valence-electron chi connectivity index (χ0n) is 14.7. The number of nitrogens with zero attached hydrogens (tertiary/aromatic N) is 1. The van der Waals surface area contributed by atoms with Gasteiger partial charge in [0.25, 0.3) is 0 Å². The second kappa shape index (κ2) is 6.57. The molecule has 1 heterocycles. The molecule has 0 aliphatic carbocycles. The van der Waals surface area contributed by atoms with Crippen molar-refractivity contribution in [2.75, 3.05) is 11.0 Å². The summed E-state index contributed by atoms with van der Waals surface area (Å²) in [5.74, 6) is -0.571. The zero-order valence-corrected chi connectivity index (χ0v) is 15.5. The molecule has 0 spiro atoms. The van der Waals surface area contributed by atoms with Gasteiger partial charge in [0.1, 0.15) is 5.82 Å². The molecule has 0 bridgehead atoms. The highest BCUT2D eigenvalue weighted by Gasteiger charge is 2.15. The molecule has 136 valence electrons. The molecule has 0 atom stereocenters. The van der Waals surface area contributed by atoms with Crippen LogP contribution in [0.3, 0.4) is 0 Å². The molecule has 2 aromatic carbocycles. The summed E-state index contributed by atoms with van der Waals surface area (Å²) in [5.41, 5.74) is 2.79. The molecule has 0 aliphatic heterocycles. The average molecular weight is 374 g/mol. The summed E-state index contributed by atoms with van der Waals surface area (Å²) >= 11 is 0. The number of carbonyl (C=O) groups is 1. The van der Waals surface area contributed by atoms with E-state index >= 15 is 0 Å². The van der Waals surface area contributed by atoms with E-state index in [4.69, 9.17) is 0 Å². The van der Waals surface area contributed by atoms with Gasteiger partial charge in [-0.15, -0.1) is 0 Å². The number of carbonyl (C=O) groups excluding carboxylic acids is 1. The number of halogens is 1. The first-order valence-electron chi connectivity index (χ1n) is 8.07. The highest BCUT2D eigenvalue weighted by Crippen LogP contribution is 2.34. The van der Waals surface area contributed by atoms with Gasteiger partial charge in [0, 0.05) is 23.2 Å². The Morgan fingerprint density at radius 3 is 2.46 bits per heavy atom. The minimum Gasteiger partial charge on any atom is -0.344 e. The lowest BCUT2D eigenvalue weighted by molar-refractivity contribution is 0.112. The summed E-state index contributed by atoms with van der Waals surface area (Å²) in [6, 6.07) is 9.86. The van der Waals surface area contributed by atoms with Gasteiger partial charge in [0.05, 0.1) is 23.0 Å². The molecular weight excluding hydrogens is 355 g/mol. The van der Waals surface area contributed by atoms with Crippen molar-refractivity contribution in [1.82, 2.24) is 4.57 Å². The fourth-order valence-electron chi connectivity index (χ4n) is 2.98. The molecule has 1 N–H and O–H groups in total. The van der Waals surface area contributed by atoms with E-state index in [1.807, 2.05) is 30.7 Å². The van der Waals surface area contributed by atoms with Gasteiger partial charge < -0.3 is 4.57 Å². The van der Waals surface area contributed by atoms with Crippen molar-refractivity contribution >= 4 is 32.9 Å². The highest BCUT2D eigenvalue weighted by atomic mass is 32.2. The van der Waals surface area contributed by atoms with Crippen LogP contribution in [0.5, 0.6) is 0 Å². The number of hydrogen-bond acceptors (Lipinski definition) is 3. The third kappa shape index (κ3) is 3.48. The fourth-order valence-corrected chi connectivity index (χ4v) is 3.53. The number of fused-ring (bicyclic) bond motifs is 1. The average Bonchev–Trinajstić information content (AvgIpc) is 2.92. The van der Waals surface area contributed by atoms with Crippen molar-refractivity contribution in [3.8, 4) is 11.1 Å². The first-order chi connectivity index (χ1) is 12.2. The number of anilines is 1. The molecule has 0 fully saturated rings. The smallest absolute Gasteiger partial charge is 0.229 e. The molecule has 5 nitrogen and oxygen atoms in total. The van der Waals surface area contributed by atoms with Crippen LogP contribution in [0.4, 0.5) is 10.1 Å². The summed E-state index contributed by atoms with van der Waals surface area (Å²) in [4.78, 5) is 10.8. The molecular formula is C19H19FN2O3S. The standard InChI is InChI=1S/C19H19FN2O3S/c1-12(2)22-10-17(13-4-5-14(11-23)18(20)8-13)16-7-6-15(9-19(16)22)21-26(3,24)25/h4-12,21H,1-3H3. The molecule has 0 saturated carbocycles. The molecule has 0 saturated heterocycles. The van der Waals surface area contributed by atoms with Crippen molar-refractivity contribution in [3.63, 3.8) is 0 Å². The molecule has 3 rings (SSSR count). The molecule has 26 heavy (non-hydrogen) atoms.